The topological polar surface area (TPSA) is 82.3 Å². The van der Waals surface area contributed by atoms with E-state index in [0.717, 1.165) is 0 Å². The monoisotopic (exact) mass is 338 g/mol. The van der Waals surface area contributed by atoms with E-state index in [2.05, 4.69) is 25.7 Å². The quantitative estimate of drug-likeness (QED) is 0.357. The number of ether oxygens (including phenoxy) is 1. The number of hydrogen-bond acceptors (Lipinski definition) is 5. The van der Waals surface area contributed by atoms with E-state index in [1.165, 1.54) is 0 Å². The molecule has 1 aromatic heterocycles. The SMILES string of the molecule is CCOC(=O)Cc1c(C(F)F)cc([N+](=O)[O-])nc1Br. The van der Waals surface area contributed by atoms with Crippen LogP contribution in [-0.4, -0.2) is 22.5 Å². The normalized spacial score (nSPS) is 10.6. The van der Waals surface area contributed by atoms with E-state index < -0.39 is 35.1 Å². The number of esters is 1. The van der Waals surface area contributed by atoms with Crippen molar-refractivity contribution < 1.29 is 23.2 Å². The second-order valence-electron chi connectivity index (χ2n) is 3.38. The summed E-state index contributed by atoms with van der Waals surface area (Å²) in [5.74, 6) is -1.42. The Bertz CT molecular complexity index is 511. The lowest BCUT2D eigenvalue weighted by molar-refractivity contribution is -0.389. The van der Waals surface area contributed by atoms with Crippen molar-refractivity contribution >= 4 is 27.7 Å². The Kier molecular flexibility index (Phi) is 5.28. The van der Waals surface area contributed by atoms with Crippen molar-refractivity contribution in [3.63, 3.8) is 0 Å². The van der Waals surface area contributed by atoms with Crippen LogP contribution in [0.25, 0.3) is 0 Å². The van der Waals surface area contributed by atoms with Crippen LogP contribution in [0.3, 0.4) is 0 Å². The fourth-order valence-corrected chi connectivity index (χ4v) is 1.92. The summed E-state index contributed by atoms with van der Waals surface area (Å²) in [4.78, 5) is 24.5. The second-order valence-corrected chi connectivity index (χ2v) is 4.13. The molecule has 1 rings (SSSR count). The lowest BCUT2D eigenvalue weighted by atomic mass is 10.1. The lowest BCUT2D eigenvalue weighted by Crippen LogP contribution is -2.11. The van der Waals surface area contributed by atoms with E-state index in [1.54, 1.807) is 6.92 Å². The highest BCUT2D eigenvalue weighted by Gasteiger charge is 2.26. The highest BCUT2D eigenvalue weighted by Crippen LogP contribution is 2.31. The first-order valence-corrected chi connectivity index (χ1v) is 5.93. The molecule has 0 N–H and O–H groups in total. The summed E-state index contributed by atoms with van der Waals surface area (Å²) >= 11 is 2.86. The summed E-state index contributed by atoms with van der Waals surface area (Å²) in [5, 5.41) is 10.5. The average Bonchev–Trinajstić information content (AvgIpc) is 2.31. The predicted octanol–water partition coefficient (Wildman–Crippen LogP) is 2.80. The fraction of sp³-hybridized carbons (Fsp3) is 0.400. The summed E-state index contributed by atoms with van der Waals surface area (Å²) in [5.41, 5.74) is -0.722. The van der Waals surface area contributed by atoms with Crippen LogP contribution in [0.15, 0.2) is 10.7 Å². The van der Waals surface area contributed by atoms with E-state index in [4.69, 9.17) is 0 Å². The van der Waals surface area contributed by atoms with Crippen LogP contribution in [0.1, 0.15) is 24.5 Å². The van der Waals surface area contributed by atoms with Crippen LogP contribution in [0.4, 0.5) is 14.6 Å². The predicted molar refractivity (Wildman–Crippen MR) is 63.9 cm³/mol. The van der Waals surface area contributed by atoms with Crippen molar-refractivity contribution in [1.29, 1.82) is 0 Å². The summed E-state index contributed by atoms with van der Waals surface area (Å²) in [6, 6.07) is 0.657. The number of carbonyl (C=O) groups is 1. The van der Waals surface area contributed by atoms with Crippen LogP contribution in [0.5, 0.6) is 0 Å². The number of carbonyl (C=O) groups excluding carboxylic acids is 1. The number of pyridine rings is 1. The number of hydrogen-bond donors (Lipinski definition) is 0. The van der Waals surface area contributed by atoms with Gasteiger partial charge in [0.1, 0.15) is 0 Å². The zero-order chi connectivity index (χ0) is 14.6. The molecule has 0 unspecified atom stereocenters. The highest BCUT2D eigenvalue weighted by atomic mass is 79.9. The maximum Gasteiger partial charge on any atom is 0.365 e. The maximum atomic E-state index is 12.9. The van der Waals surface area contributed by atoms with Crippen molar-refractivity contribution in [2.75, 3.05) is 6.61 Å². The summed E-state index contributed by atoms with van der Waals surface area (Å²) < 4.78 is 30.2. The first kappa shape index (κ1) is 15.4. The van der Waals surface area contributed by atoms with Gasteiger partial charge in [-0.15, -0.1) is 0 Å². The standard InChI is InChI=1S/C10H9BrF2N2O4/c1-2-19-8(16)4-5-6(10(12)13)3-7(15(17)18)14-9(5)11/h3,10H,2,4H2,1H3. The van der Waals surface area contributed by atoms with Gasteiger partial charge in [-0.25, -0.2) is 8.78 Å². The molecule has 1 aromatic rings. The van der Waals surface area contributed by atoms with E-state index in [0.29, 0.717) is 6.07 Å². The molecule has 19 heavy (non-hydrogen) atoms. The van der Waals surface area contributed by atoms with E-state index >= 15 is 0 Å². The Morgan fingerprint density at radius 2 is 2.26 bits per heavy atom. The van der Waals surface area contributed by atoms with Gasteiger partial charge in [-0.1, -0.05) is 0 Å². The molecule has 0 saturated heterocycles. The molecular weight excluding hydrogens is 330 g/mol. The maximum absolute atomic E-state index is 12.9. The van der Waals surface area contributed by atoms with Crippen LogP contribution >= 0.6 is 15.9 Å². The number of alkyl halides is 2. The number of nitrogens with zero attached hydrogens (tertiary/aromatic N) is 2. The van der Waals surface area contributed by atoms with Gasteiger partial charge in [-0.2, -0.15) is 0 Å². The van der Waals surface area contributed by atoms with E-state index in [9.17, 15) is 23.7 Å². The van der Waals surface area contributed by atoms with Gasteiger partial charge in [-0.05, 0) is 16.8 Å². The van der Waals surface area contributed by atoms with Gasteiger partial charge < -0.3 is 14.9 Å². The second kappa shape index (κ2) is 6.50. The highest BCUT2D eigenvalue weighted by molar-refractivity contribution is 9.10. The van der Waals surface area contributed by atoms with Gasteiger partial charge in [-0.3, -0.25) is 4.79 Å². The minimum Gasteiger partial charge on any atom is -0.466 e. The van der Waals surface area contributed by atoms with Crippen molar-refractivity contribution in [1.82, 2.24) is 4.98 Å². The van der Waals surface area contributed by atoms with Crippen molar-refractivity contribution in [2.24, 2.45) is 0 Å². The molecule has 0 fully saturated rings. The molecule has 0 aliphatic carbocycles. The fourth-order valence-electron chi connectivity index (χ4n) is 1.37. The number of aromatic nitrogens is 1. The van der Waals surface area contributed by atoms with Gasteiger partial charge in [0.15, 0.2) is 0 Å². The Morgan fingerprint density at radius 1 is 1.63 bits per heavy atom. The molecule has 0 saturated carbocycles. The Hall–Kier alpha value is -1.64. The largest absolute Gasteiger partial charge is 0.466 e. The molecule has 0 bridgehead atoms. The van der Waals surface area contributed by atoms with Gasteiger partial charge in [0, 0.05) is 33.1 Å². The molecule has 0 aliphatic heterocycles. The number of nitro groups is 1. The molecule has 0 atom stereocenters. The molecule has 104 valence electrons. The Labute approximate surface area is 115 Å². The first-order chi connectivity index (χ1) is 8.86. The van der Waals surface area contributed by atoms with Crippen LogP contribution in [0, 0.1) is 10.1 Å². The summed E-state index contributed by atoms with van der Waals surface area (Å²) in [6.45, 7) is 1.69. The van der Waals surface area contributed by atoms with Crippen LogP contribution in [-0.2, 0) is 16.0 Å². The minimum absolute atomic E-state index is 0.112. The lowest BCUT2D eigenvalue weighted by Gasteiger charge is -2.08. The molecule has 1 heterocycles. The van der Waals surface area contributed by atoms with Gasteiger partial charge in [0.25, 0.3) is 6.43 Å². The van der Waals surface area contributed by atoms with Crippen molar-refractivity contribution in [3.05, 3.63) is 31.9 Å². The molecule has 0 aliphatic rings. The van der Waals surface area contributed by atoms with E-state index in [-0.39, 0.29) is 16.8 Å². The molecule has 6 nitrogen and oxygen atoms in total. The molecule has 0 amide bonds. The van der Waals surface area contributed by atoms with E-state index in [1.807, 2.05) is 0 Å². The number of halogens is 3. The molecule has 9 heteroatoms. The third-order valence-electron chi connectivity index (χ3n) is 2.14. The van der Waals surface area contributed by atoms with Gasteiger partial charge in [0.2, 0.25) is 4.60 Å². The smallest absolute Gasteiger partial charge is 0.365 e. The zero-order valence-corrected chi connectivity index (χ0v) is 11.3. The molecule has 0 aromatic carbocycles. The Morgan fingerprint density at radius 3 is 2.74 bits per heavy atom. The van der Waals surface area contributed by atoms with Crippen molar-refractivity contribution in [3.8, 4) is 0 Å². The summed E-state index contributed by atoms with van der Waals surface area (Å²) in [7, 11) is 0. The van der Waals surface area contributed by atoms with Crippen molar-refractivity contribution in [2.45, 2.75) is 19.8 Å². The van der Waals surface area contributed by atoms with Crippen LogP contribution < -0.4 is 0 Å². The minimum atomic E-state index is -2.96. The third kappa shape index (κ3) is 3.91. The molecule has 0 spiro atoms. The zero-order valence-electron chi connectivity index (χ0n) is 9.73. The van der Waals surface area contributed by atoms with Gasteiger partial charge in [0.05, 0.1) is 13.0 Å². The van der Waals surface area contributed by atoms with Crippen LogP contribution in [0.2, 0.25) is 0 Å². The number of rotatable bonds is 5. The Balaban J connectivity index is 3.22. The average molecular weight is 339 g/mol. The molecular formula is C10H9BrF2N2O4. The first-order valence-electron chi connectivity index (χ1n) is 5.14. The summed E-state index contributed by atoms with van der Waals surface area (Å²) in [6.07, 6.45) is -3.39. The van der Waals surface area contributed by atoms with Gasteiger partial charge >= 0.3 is 11.8 Å². The molecule has 0 radical (unpaired) electrons. The third-order valence-corrected chi connectivity index (χ3v) is 2.80.